The molecule has 0 amide bonds. The van der Waals surface area contributed by atoms with Gasteiger partial charge in [0, 0.05) is 18.6 Å². The van der Waals surface area contributed by atoms with Crippen LogP contribution < -0.4 is 4.74 Å². The standard InChI is InChI=1S/C24H30O4/c1-3-5-8-17(4-2)16-27-14-13-18-11-12-22-20(23(18)24(25)26)15-19-9-6-7-10-21(19)28-22/h6-7,9-12,17H,3-5,8,13-16H2,1-2H3,(H,25,26). The minimum Gasteiger partial charge on any atom is -0.478 e. The van der Waals surface area contributed by atoms with Crippen molar-refractivity contribution in [3.63, 3.8) is 0 Å². The molecule has 1 heterocycles. The minimum atomic E-state index is -0.899. The molecular weight excluding hydrogens is 352 g/mol. The highest BCUT2D eigenvalue weighted by Crippen LogP contribution is 2.39. The Balaban J connectivity index is 1.69. The smallest absolute Gasteiger partial charge is 0.336 e. The van der Waals surface area contributed by atoms with Crippen LogP contribution in [0.1, 0.15) is 66.6 Å². The van der Waals surface area contributed by atoms with Gasteiger partial charge in [-0.15, -0.1) is 0 Å². The van der Waals surface area contributed by atoms with Crippen molar-refractivity contribution < 1.29 is 19.4 Å². The second kappa shape index (κ2) is 9.74. The molecule has 4 heteroatoms. The van der Waals surface area contributed by atoms with Crippen LogP contribution in [0.5, 0.6) is 11.5 Å². The largest absolute Gasteiger partial charge is 0.478 e. The average molecular weight is 383 g/mol. The van der Waals surface area contributed by atoms with E-state index in [-0.39, 0.29) is 0 Å². The molecule has 2 aromatic carbocycles. The topological polar surface area (TPSA) is 55.8 Å². The molecule has 0 saturated heterocycles. The number of rotatable bonds is 10. The predicted octanol–water partition coefficient (Wildman–Crippen LogP) is 5.86. The summed E-state index contributed by atoms with van der Waals surface area (Å²) in [6.07, 6.45) is 5.94. The van der Waals surface area contributed by atoms with Crippen molar-refractivity contribution in [1.82, 2.24) is 0 Å². The first-order valence-electron chi connectivity index (χ1n) is 10.4. The second-order valence-electron chi connectivity index (χ2n) is 7.51. The first-order chi connectivity index (χ1) is 13.6. The number of hydrogen-bond donors (Lipinski definition) is 1. The van der Waals surface area contributed by atoms with E-state index in [0.717, 1.165) is 35.5 Å². The third-order valence-electron chi connectivity index (χ3n) is 5.54. The summed E-state index contributed by atoms with van der Waals surface area (Å²) in [5.74, 6) is 1.14. The number of carboxylic acid groups (broad SMARTS) is 1. The molecule has 0 saturated carbocycles. The Morgan fingerprint density at radius 3 is 2.75 bits per heavy atom. The van der Waals surface area contributed by atoms with E-state index < -0.39 is 5.97 Å². The highest BCUT2D eigenvalue weighted by atomic mass is 16.5. The van der Waals surface area contributed by atoms with Crippen LogP contribution in [0.15, 0.2) is 36.4 Å². The summed E-state index contributed by atoms with van der Waals surface area (Å²) < 4.78 is 11.8. The van der Waals surface area contributed by atoms with E-state index in [1.807, 2.05) is 36.4 Å². The third-order valence-corrected chi connectivity index (χ3v) is 5.54. The minimum absolute atomic E-state index is 0.369. The maximum atomic E-state index is 12.0. The van der Waals surface area contributed by atoms with E-state index in [2.05, 4.69) is 13.8 Å². The average Bonchev–Trinajstić information content (AvgIpc) is 2.71. The first-order valence-corrected chi connectivity index (χ1v) is 10.4. The van der Waals surface area contributed by atoms with Crippen molar-refractivity contribution in [2.45, 2.75) is 52.4 Å². The fourth-order valence-electron chi connectivity index (χ4n) is 3.81. The van der Waals surface area contributed by atoms with Crippen molar-refractivity contribution in [3.8, 4) is 11.5 Å². The fraction of sp³-hybridized carbons (Fsp3) is 0.458. The third kappa shape index (κ3) is 4.74. The van der Waals surface area contributed by atoms with Crippen LogP contribution in [-0.4, -0.2) is 24.3 Å². The molecule has 2 aromatic rings. The number of unbranched alkanes of at least 4 members (excludes halogenated alkanes) is 1. The summed E-state index contributed by atoms with van der Waals surface area (Å²) in [6, 6.07) is 11.5. The number of para-hydroxylation sites is 1. The Morgan fingerprint density at radius 2 is 2.00 bits per heavy atom. The quantitative estimate of drug-likeness (QED) is 0.446. The van der Waals surface area contributed by atoms with Gasteiger partial charge in [-0.25, -0.2) is 4.79 Å². The maximum Gasteiger partial charge on any atom is 0.336 e. The highest BCUT2D eigenvalue weighted by Gasteiger charge is 2.25. The van der Waals surface area contributed by atoms with Crippen molar-refractivity contribution >= 4 is 5.97 Å². The van der Waals surface area contributed by atoms with Gasteiger partial charge in [-0.2, -0.15) is 0 Å². The molecule has 0 fully saturated rings. The van der Waals surface area contributed by atoms with E-state index in [1.54, 1.807) is 0 Å². The normalized spacial score (nSPS) is 13.4. The summed E-state index contributed by atoms with van der Waals surface area (Å²) >= 11 is 0. The van der Waals surface area contributed by atoms with Crippen molar-refractivity contribution in [2.75, 3.05) is 13.2 Å². The number of ether oxygens (including phenoxy) is 2. The zero-order valence-electron chi connectivity index (χ0n) is 16.9. The van der Waals surface area contributed by atoms with Crippen LogP contribution in [-0.2, 0) is 17.6 Å². The molecular formula is C24H30O4. The van der Waals surface area contributed by atoms with Gasteiger partial charge in [0.25, 0.3) is 0 Å². The lowest BCUT2D eigenvalue weighted by Crippen LogP contribution is -2.15. The zero-order chi connectivity index (χ0) is 19.9. The molecule has 1 aliphatic rings. The van der Waals surface area contributed by atoms with E-state index >= 15 is 0 Å². The number of benzene rings is 2. The van der Waals surface area contributed by atoms with Gasteiger partial charge in [0.2, 0.25) is 0 Å². The number of aromatic carboxylic acids is 1. The summed E-state index contributed by atoms with van der Waals surface area (Å²) in [6.45, 7) is 5.70. The van der Waals surface area contributed by atoms with Gasteiger partial charge in [0.05, 0.1) is 12.2 Å². The summed E-state index contributed by atoms with van der Waals surface area (Å²) in [4.78, 5) is 12.0. The van der Waals surface area contributed by atoms with Crippen molar-refractivity contribution in [1.29, 1.82) is 0 Å². The first kappa shape index (κ1) is 20.4. The van der Waals surface area contributed by atoms with Crippen LogP contribution in [0.2, 0.25) is 0 Å². The molecule has 1 aliphatic heterocycles. The van der Waals surface area contributed by atoms with E-state index in [0.29, 0.717) is 36.7 Å². The molecule has 1 atom stereocenters. The van der Waals surface area contributed by atoms with Crippen LogP contribution in [0.25, 0.3) is 0 Å². The Bertz CT molecular complexity index is 812. The monoisotopic (exact) mass is 382 g/mol. The molecule has 4 nitrogen and oxygen atoms in total. The fourth-order valence-corrected chi connectivity index (χ4v) is 3.81. The lowest BCUT2D eigenvalue weighted by Gasteiger charge is -2.23. The Labute approximate surface area is 167 Å². The molecule has 0 radical (unpaired) electrons. The molecule has 1 N–H and O–H groups in total. The van der Waals surface area contributed by atoms with Crippen molar-refractivity contribution in [3.05, 3.63) is 58.7 Å². The highest BCUT2D eigenvalue weighted by molar-refractivity contribution is 5.92. The van der Waals surface area contributed by atoms with Gasteiger partial charge in [-0.05, 0) is 42.0 Å². The molecule has 150 valence electrons. The Morgan fingerprint density at radius 1 is 1.18 bits per heavy atom. The van der Waals surface area contributed by atoms with Gasteiger partial charge in [0.1, 0.15) is 11.5 Å². The number of carboxylic acids is 1. The van der Waals surface area contributed by atoms with Crippen LogP contribution in [0.4, 0.5) is 0 Å². The predicted molar refractivity (Wildman–Crippen MR) is 111 cm³/mol. The lowest BCUT2D eigenvalue weighted by molar-refractivity contribution is 0.0691. The molecule has 28 heavy (non-hydrogen) atoms. The molecule has 0 aromatic heterocycles. The van der Waals surface area contributed by atoms with E-state index in [1.165, 1.54) is 19.3 Å². The molecule has 1 unspecified atom stereocenters. The van der Waals surface area contributed by atoms with E-state index in [4.69, 9.17) is 9.47 Å². The Kier molecular flexibility index (Phi) is 7.10. The summed E-state index contributed by atoms with van der Waals surface area (Å²) in [5, 5.41) is 9.85. The van der Waals surface area contributed by atoms with E-state index in [9.17, 15) is 9.90 Å². The van der Waals surface area contributed by atoms with Gasteiger partial charge >= 0.3 is 5.97 Å². The van der Waals surface area contributed by atoms with Crippen LogP contribution >= 0.6 is 0 Å². The molecule has 0 bridgehead atoms. The SMILES string of the molecule is CCCCC(CC)COCCc1ccc2c(c1C(=O)O)Cc1ccccc1O2. The molecule has 0 spiro atoms. The zero-order valence-corrected chi connectivity index (χ0v) is 16.9. The summed E-state index contributed by atoms with van der Waals surface area (Å²) in [5.41, 5.74) is 2.97. The number of fused-ring (bicyclic) bond motifs is 2. The van der Waals surface area contributed by atoms with Gasteiger partial charge in [0.15, 0.2) is 0 Å². The number of carbonyl (C=O) groups is 1. The van der Waals surface area contributed by atoms with Gasteiger partial charge < -0.3 is 14.6 Å². The maximum absolute atomic E-state index is 12.0. The van der Waals surface area contributed by atoms with Crippen LogP contribution in [0.3, 0.4) is 0 Å². The molecule has 3 rings (SSSR count). The summed E-state index contributed by atoms with van der Waals surface area (Å²) in [7, 11) is 0. The van der Waals surface area contributed by atoms with Gasteiger partial charge in [-0.1, -0.05) is 57.4 Å². The second-order valence-corrected chi connectivity index (χ2v) is 7.51. The lowest BCUT2D eigenvalue weighted by atomic mass is 9.91. The van der Waals surface area contributed by atoms with Crippen LogP contribution in [0, 0.1) is 5.92 Å². The Hall–Kier alpha value is -2.33. The number of hydrogen-bond acceptors (Lipinski definition) is 3. The molecule has 0 aliphatic carbocycles. The van der Waals surface area contributed by atoms with Crippen molar-refractivity contribution in [2.24, 2.45) is 5.92 Å². The van der Waals surface area contributed by atoms with Gasteiger partial charge in [-0.3, -0.25) is 0 Å².